The van der Waals surface area contributed by atoms with Crippen LogP contribution in [0.5, 0.6) is 0 Å². The van der Waals surface area contributed by atoms with Crippen LogP contribution in [0, 0.1) is 5.92 Å². The number of rotatable bonds is 11. The minimum Gasteiger partial charge on any atom is -0.354 e. The van der Waals surface area contributed by atoms with E-state index in [-0.39, 0.29) is 18.4 Å². The van der Waals surface area contributed by atoms with Gasteiger partial charge in [0.05, 0.1) is 22.0 Å². The Morgan fingerprint density at radius 2 is 1.74 bits per heavy atom. The van der Waals surface area contributed by atoms with Crippen molar-refractivity contribution in [3.05, 3.63) is 62.5 Å². The van der Waals surface area contributed by atoms with Gasteiger partial charge in [-0.2, -0.15) is 0 Å². The summed E-state index contributed by atoms with van der Waals surface area (Å²) in [5.74, 6) is -0.600. The van der Waals surface area contributed by atoms with E-state index in [2.05, 4.69) is 21.2 Å². The highest BCUT2D eigenvalue weighted by Crippen LogP contribution is 2.28. The van der Waals surface area contributed by atoms with Gasteiger partial charge in [-0.1, -0.05) is 62.2 Å². The lowest BCUT2D eigenvalue weighted by Gasteiger charge is -2.33. The molecule has 0 radical (unpaired) electrons. The number of carbonyl (C=O) groups excluding carboxylic acids is 2. The highest BCUT2D eigenvalue weighted by Gasteiger charge is 2.32. The molecule has 2 amide bonds. The molecule has 0 spiro atoms. The molecule has 0 saturated carbocycles. The van der Waals surface area contributed by atoms with Gasteiger partial charge in [0, 0.05) is 17.6 Å². The van der Waals surface area contributed by atoms with E-state index in [9.17, 15) is 18.0 Å². The number of hydrogen-bond donors (Lipinski definition) is 1. The molecule has 192 valence electrons. The van der Waals surface area contributed by atoms with Crippen LogP contribution in [0.4, 0.5) is 5.69 Å². The second kappa shape index (κ2) is 12.9. The number of para-hydroxylation sites is 1. The third kappa shape index (κ3) is 8.37. The SMILES string of the molecule is CC[C@H](C(=O)NCC(C)C)N(Cc1ccc(Cl)c(Cl)c1)C(=O)CN(c1ccccc1Br)S(C)(=O)=O. The van der Waals surface area contributed by atoms with Crippen LogP contribution < -0.4 is 9.62 Å². The number of hydrogen-bond acceptors (Lipinski definition) is 4. The molecule has 0 heterocycles. The molecule has 0 unspecified atom stereocenters. The number of benzene rings is 2. The van der Waals surface area contributed by atoms with Crippen LogP contribution in [0.15, 0.2) is 46.9 Å². The van der Waals surface area contributed by atoms with E-state index in [0.717, 1.165) is 10.6 Å². The van der Waals surface area contributed by atoms with Crippen LogP contribution in [0.1, 0.15) is 32.8 Å². The van der Waals surface area contributed by atoms with Crippen LogP contribution in [0.2, 0.25) is 10.0 Å². The van der Waals surface area contributed by atoms with Gasteiger partial charge in [0.2, 0.25) is 21.8 Å². The number of nitrogens with zero attached hydrogens (tertiary/aromatic N) is 2. The molecule has 0 aliphatic heterocycles. The van der Waals surface area contributed by atoms with Crippen LogP contribution in [0.3, 0.4) is 0 Å². The van der Waals surface area contributed by atoms with Gasteiger partial charge in [-0.3, -0.25) is 13.9 Å². The predicted molar refractivity (Wildman–Crippen MR) is 145 cm³/mol. The van der Waals surface area contributed by atoms with E-state index in [1.165, 1.54) is 4.90 Å². The third-order valence-corrected chi connectivity index (χ3v) is 7.74. The Bertz CT molecular complexity index is 1160. The smallest absolute Gasteiger partial charge is 0.244 e. The molecule has 2 aromatic carbocycles. The zero-order valence-corrected chi connectivity index (χ0v) is 24.0. The summed E-state index contributed by atoms with van der Waals surface area (Å²) in [4.78, 5) is 28.1. The molecule has 1 atom stereocenters. The fraction of sp³-hybridized carbons (Fsp3) is 0.417. The van der Waals surface area contributed by atoms with Crippen molar-refractivity contribution in [2.75, 3.05) is 23.7 Å². The average Bonchev–Trinajstić information content (AvgIpc) is 2.78. The lowest BCUT2D eigenvalue weighted by Crippen LogP contribution is -2.52. The molecule has 11 heteroatoms. The minimum atomic E-state index is -3.81. The Balaban J connectivity index is 2.46. The largest absolute Gasteiger partial charge is 0.354 e. The van der Waals surface area contributed by atoms with E-state index in [1.54, 1.807) is 49.4 Å². The molecule has 0 aliphatic carbocycles. The zero-order valence-electron chi connectivity index (χ0n) is 20.1. The van der Waals surface area contributed by atoms with E-state index in [0.29, 0.717) is 38.7 Å². The molecular weight excluding hydrogens is 577 g/mol. The Hall–Kier alpha value is -1.81. The molecule has 0 fully saturated rings. The van der Waals surface area contributed by atoms with Crippen LogP contribution in [0.25, 0.3) is 0 Å². The molecule has 35 heavy (non-hydrogen) atoms. The number of sulfonamides is 1. The topological polar surface area (TPSA) is 86.8 Å². The normalized spacial score (nSPS) is 12.3. The van der Waals surface area contributed by atoms with Crippen molar-refractivity contribution in [2.24, 2.45) is 5.92 Å². The van der Waals surface area contributed by atoms with Crippen LogP contribution in [-0.2, 0) is 26.2 Å². The number of amides is 2. The average molecular weight is 607 g/mol. The Morgan fingerprint density at radius 3 is 2.29 bits per heavy atom. The van der Waals surface area contributed by atoms with E-state index in [4.69, 9.17) is 23.2 Å². The summed E-state index contributed by atoms with van der Waals surface area (Å²) >= 11 is 15.6. The minimum absolute atomic E-state index is 0.0525. The fourth-order valence-corrected chi connectivity index (χ4v) is 5.22. The Kier molecular flexibility index (Phi) is 10.9. The number of nitrogens with one attached hydrogen (secondary N) is 1. The van der Waals surface area contributed by atoms with Gasteiger partial charge in [-0.25, -0.2) is 8.42 Å². The highest BCUT2D eigenvalue weighted by atomic mass is 79.9. The van der Waals surface area contributed by atoms with Crippen molar-refractivity contribution in [1.29, 1.82) is 0 Å². The molecular formula is C24H30BrCl2N3O4S. The Labute approximate surface area is 225 Å². The molecule has 2 aromatic rings. The van der Waals surface area contributed by atoms with Crippen molar-refractivity contribution < 1.29 is 18.0 Å². The lowest BCUT2D eigenvalue weighted by atomic mass is 10.1. The summed E-state index contributed by atoms with van der Waals surface area (Å²) in [5.41, 5.74) is 0.991. The second-order valence-corrected chi connectivity index (χ2v) is 12.1. The summed E-state index contributed by atoms with van der Waals surface area (Å²) in [7, 11) is -3.81. The first-order valence-electron chi connectivity index (χ1n) is 11.1. The first-order chi connectivity index (χ1) is 16.3. The first-order valence-corrected chi connectivity index (χ1v) is 14.5. The molecule has 0 saturated heterocycles. The maximum absolute atomic E-state index is 13.6. The number of halogens is 3. The van der Waals surface area contributed by atoms with Crippen molar-refractivity contribution >= 4 is 66.7 Å². The quantitative estimate of drug-likeness (QED) is 0.385. The number of carbonyl (C=O) groups is 2. The van der Waals surface area contributed by atoms with E-state index >= 15 is 0 Å². The maximum Gasteiger partial charge on any atom is 0.244 e. The molecule has 7 nitrogen and oxygen atoms in total. The number of anilines is 1. The summed E-state index contributed by atoms with van der Waals surface area (Å²) in [6.45, 7) is 5.78. The van der Waals surface area contributed by atoms with Crippen molar-refractivity contribution in [1.82, 2.24) is 10.2 Å². The van der Waals surface area contributed by atoms with Gasteiger partial charge < -0.3 is 10.2 Å². The maximum atomic E-state index is 13.6. The molecule has 0 aromatic heterocycles. The lowest BCUT2D eigenvalue weighted by molar-refractivity contribution is -0.140. The van der Waals surface area contributed by atoms with Crippen molar-refractivity contribution in [3.8, 4) is 0 Å². The van der Waals surface area contributed by atoms with Crippen LogP contribution in [-0.4, -0.2) is 50.5 Å². The molecule has 1 N–H and O–H groups in total. The van der Waals surface area contributed by atoms with Gasteiger partial charge in [0.25, 0.3) is 0 Å². The van der Waals surface area contributed by atoms with Gasteiger partial charge in [-0.15, -0.1) is 0 Å². The third-order valence-electron chi connectivity index (χ3n) is 5.21. The van der Waals surface area contributed by atoms with Gasteiger partial charge in [-0.05, 0) is 58.1 Å². The molecule has 0 aliphatic rings. The summed E-state index contributed by atoms with van der Waals surface area (Å²) in [6.07, 6.45) is 1.38. The predicted octanol–water partition coefficient (Wildman–Crippen LogP) is 5.10. The highest BCUT2D eigenvalue weighted by molar-refractivity contribution is 9.10. The summed E-state index contributed by atoms with van der Waals surface area (Å²) < 4.78 is 26.9. The van der Waals surface area contributed by atoms with Crippen molar-refractivity contribution in [2.45, 2.75) is 39.8 Å². The first kappa shape index (κ1) is 29.4. The second-order valence-electron chi connectivity index (χ2n) is 8.55. The van der Waals surface area contributed by atoms with Gasteiger partial charge >= 0.3 is 0 Å². The summed E-state index contributed by atoms with van der Waals surface area (Å²) in [5, 5.41) is 3.57. The molecule has 2 rings (SSSR count). The van der Waals surface area contributed by atoms with Crippen molar-refractivity contribution in [3.63, 3.8) is 0 Å². The molecule has 0 bridgehead atoms. The monoisotopic (exact) mass is 605 g/mol. The summed E-state index contributed by atoms with van der Waals surface area (Å²) in [6, 6.07) is 10.9. The standard InChI is InChI=1S/C24H30BrCl2N3O4S/c1-5-21(24(32)28-13-16(2)3)29(14-17-10-11-19(26)20(27)12-17)23(31)15-30(35(4,33)34)22-9-7-6-8-18(22)25/h6-12,16,21H,5,13-15H2,1-4H3,(H,28,32)/t21-/m1/s1. The van der Waals surface area contributed by atoms with Gasteiger partial charge in [0.15, 0.2) is 0 Å². The van der Waals surface area contributed by atoms with Crippen LogP contribution >= 0.6 is 39.1 Å². The Morgan fingerprint density at radius 1 is 1.09 bits per heavy atom. The van der Waals surface area contributed by atoms with Gasteiger partial charge in [0.1, 0.15) is 12.6 Å². The van der Waals surface area contributed by atoms with E-state index < -0.39 is 28.5 Å². The fourth-order valence-electron chi connectivity index (χ4n) is 3.43. The zero-order chi connectivity index (χ0) is 26.3. The van der Waals surface area contributed by atoms with E-state index in [1.807, 2.05) is 13.8 Å².